The number of aliphatic hydroxyl groups is 4. The Morgan fingerprint density at radius 1 is 0.452 bits per heavy atom. The molecule has 5 aromatic carbocycles. The lowest BCUT2D eigenvalue weighted by molar-refractivity contribution is -0.127. The van der Waals surface area contributed by atoms with Crippen LogP contribution in [0.2, 0.25) is 0 Å². The highest BCUT2D eigenvalue weighted by atomic mass is 16.5. The van der Waals surface area contributed by atoms with E-state index in [1.165, 1.54) is 22.3 Å². The van der Waals surface area contributed by atoms with Crippen molar-refractivity contribution in [2.45, 2.75) is 143 Å². The molecule has 1 saturated heterocycles. The number of methoxy groups -OCH3 is 8. The number of nitrogens with zero attached hydrogens (tertiary/aromatic N) is 5. The highest BCUT2D eigenvalue weighted by molar-refractivity contribution is 5.85. The molecule has 0 spiro atoms. The van der Waals surface area contributed by atoms with Gasteiger partial charge in [0.1, 0.15) is 5.78 Å². The van der Waals surface area contributed by atoms with Crippen molar-refractivity contribution in [1.82, 2.24) is 19.6 Å². The maximum atomic E-state index is 11.6. The molecule has 7 aliphatic rings. The highest BCUT2D eigenvalue weighted by Gasteiger charge is 2.47. The summed E-state index contributed by atoms with van der Waals surface area (Å²) in [7, 11) is 21.4. The van der Waals surface area contributed by atoms with Crippen molar-refractivity contribution < 1.29 is 73.1 Å². The fourth-order valence-corrected chi connectivity index (χ4v) is 15.3. The minimum atomic E-state index is -0.968. The number of oxime groups is 1. The molecular formula is C73H101N5O15. The van der Waals surface area contributed by atoms with Crippen molar-refractivity contribution in [2.24, 2.45) is 5.16 Å². The van der Waals surface area contributed by atoms with Crippen LogP contribution in [-0.4, -0.2) is 198 Å². The number of Topliss-reactive ketones (excluding diaryl/α,β-unsaturated/α-hetero) is 1. The number of hydrogen-bond acceptors (Lipinski definition) is 20. The third kappa shape index (κ3) is 15.5. The zero-order valence-corrected chi connectivity index (χ0v) is 57.0. The van der Waals surface area contributed by atoms with Crippen LogP contribution in [0.1, 0.15) is 145 Å². The van der Waals surface area contributed by atoms with Crippen molar-refractivity contribution >= 4 is 11.5 Å². The predicted octanol–water partition coefficient (Wildman–Crippen LogP) is 9.39. The van der Waals surface area contributed by atoms with Crippen LogP contribution in [0.15, 0.2) is 84.0 Å². The van der Waals surface area contributed by atoms with E-state index < -0.39 is 22.4 Å². The van der Waals surface area contributed by atoms with Gasteiger partial charge in [-0.05, 0) is 172 Å². The summed E-state index contributed by atoms with van der Waals surface area (Å²) in [5, 5.41) is 57.4. The Kier molecular flexibility index (Phi) is 23.0. The second kappa shape index (κ2) is 30.3. The highest BCUT2D eigenvalue weighted by Crippen LogP contribution is 2.50. The molecule has 93 heavy (non-hydrogen) atoms. The lowest BCUT2D eigenvalue weighted by atomic mass is 9.70. The Labute approximate surface area is 549 Å². The van der Waals surface area contributed by atoms with Gasteiger partial charge in [0, 0.05) is 115 Å². The predicted molar refractivity (Wildman–Crippen MR) is 357 cm³/mol. The number of hydrogen-bond donors (Lipinski definition) is 5. The third-order valence-corrected chi connectivity index (χ3v) is 20.7. The van der Waals surface area contributed by atoms with Gasteiger partial charge in [-0.2, -0.15) is 0 Å². The molecule has 0 bridgehead atoms. The summed E-state index contributed by atoms with van der Waals surface area (Å²) in [6.07, 6.45) is 5.87. The first-order chi connectivity index (χ1) is 44.5. The largest absolute Gasteiger partial charge is 0.493 e. The topological polar surface area (TPSA) is 227 Å². The molecule has 508 valence electrons. The molecule has 5 N–H and O–H groups in total. The monoisotopic (exact) mass is 1290 g/mol. The minimum Gasteiger partial charge on any atom is -0.493 e. The van der Waals surface area contributed by atoms with Gasteiger partial charge in [0.05, 0.1) is 85.0 Å². The van der Waals surface area contributed by atoms with Gasteiger partial charge >= 0.3 is 0 Å². The zero-order chi connectivity index (χ0) is 67.0. The first kappa shape index (κ1) is 70.6. The van der Waals surface area contributed by atoms with Crippen molar-refractivity contribution in [3.8, 4) is 46.0 Å². The first-order valence-electron chi connectivity index (χ1n) is 32.5. The summed E-state index contributed by atoms with van der Waals surface area (Å²) < 4.78 is 48.9. The standard InChI is InChI=1S/C20H25NO3.C18H26N2O4.C18H25NO4.C17H25NO4/c1-20(22,15-8-6-5-7-9-15)17-13-21(2)12-14-10-18(23-3)19(24-4)11-16(14)17;1-20-10-12-8-16(23-2)17(24-3)9-14(12)15(11-20)18(21)6-4-13(19-22)5-7-18;1-19-10-12-8-16(22-2)17(23-3)9-14(12)15(11-19)18(21)6-4-13(20)5-7-18;1-18-10-12-8-15(20-2)16(21-3)9-13(12)14(11-18)17(19)4-6-22-7-5-17/h5-11,17,22H,12-13H2,1-4H3;8-9,15,21-22H,4-7,10-11H2,1-3H3;8-9,15,21H,4-7,10-11H2,1-3H3;8-9,14,19H,4-7,10-11H2,1-3H3. The van der Waals surface area contributed by atoms with Crippen LogP contribution in [0.25, 0.3) is 0 Å². The average molecular weight is 1290 g/mol. The molecule has 3 fully saturated rings. The molecule has 12 rings (SSSR count). The van der Waals surface area contributed by atoms with Crippen LogP contribution in [-0.2, 0) is 41.3 Å². The summed E-state index contributed by atoms with van der Waals surface area (Å²) in [6.45, 7) is 9.69. The minimum absolute atomic E-state index is 0.00583. The Morgan fingerprint density at radius 3 is 1.10 bits per heavy atom. The number of rotatable bonds is 13. The van der Waals surface area contributed by atoms with E-state index in [9.17, 15) is 25.2 Å². The normalized spacial score (nSPS) is 24.1. The lowest BCUT2D eigenvalue weighted by Crippen LogP contribution is -2.48. The van der Waals surface area contributed by atoms with Crippen LogP contribution in [0.3, 0.4) is 0 Å². The summed E-state index contributed by atoms with van der Waals surface area (Å²) in [5.74, 6) is 6.00. The first-order valence-corrected chi connectivity index (χ1v) is 32.5. The molecule has 20 heteroatoms. The van der Waals surface area contributed by atoms with Crippen LogP contribution >= 0.6 is 0 Å². The van der Waals surface area contributed by atoms with Crippen molar-refractivity contribution in [2.75, 3.05) is 124 Å². The van der Waals surface area contributed by atoms with Gasteiger partial charge in [-0.25, -0.2) is 0 Å². The molecule has 5 atom stereocenters. The van der Waals surface area contributed by atoms with Crippen LogP contribution in [0, 0.1) is 0 Å². The van der Waals surface area contributed by atoms with Crippen molar-refractivity contribution in [3.63, 3.8) is 0 Å². The van der Waals surface area contributed by atoms with E-state index in [2.05, 4.69) is 52.9 Å². The lowest BCUT2D eigenvalue weighted by Gasteiger charge is -2.44. The summed E-state index contributed by atoms with van der Waals surface area (Å²) >= 11 is 0. The second-order valence-electron chi connectivity index (χ2n) is 26.8. The third-order valence-electron chi connectivity index (χ3n) is 20.7. The van der Waals surface area contributed by atoms with Gasteiger partial charge in [0.2, 0.25) is 0 Å². The number of ketones is 1. The number of benzene rings is 5. The van der Waals surface area contributed by atoms with Gasteiger partial charge in [0.25, 0.3) is 0 Å². The fraction of sp³-hybridized carbons (Fsp3) is 0.562. The van der Waals surface area contributed by atoms with Crippen molar-refractivity contribution in [1.29, 1.82) is 0 Å². The quantitative estimate of drug-likeness (QED) is 0.0546. The number of carbonyl (C=O) groups excluding carboxylic acids is 1. The summed E-state index contributed by atoms with van der Waals surface area (Å²) in [4.78, 5) is 20.5. The molecule has 5 aromatic rings. The average Bonchev–Trinajstić information content (AvgIpc) is 0.966. The van der Waals surface area contributed by atoms with E-state index in [1.807, 2.05) is 85.8 Å². The molecular weight excluding hydrogens is 1190 g/mol. The van der Waals surface area contributed by atoms with Crippen LogP contribution in [0.4, 0.5) is 0 Å². The van der Waals surface area contributed by atoms with Gasteiger partial charge in [0.15, 0.2) is 46.0 Å². The molecule has 5 unspecified atom stereocenters. The molecule has 0 amide bonds. The Morgan fingerprint density at radius 2 is 0.753 bits per heavy atom. The molecule has 20 nitrogen and oxygen atoms in total. The van der Waals surface area contributed by atoms with E-state index in [-0.39, 0.29) is 29.5 Å². The van der Waals surface area contributed by atoms with Crippen LogP contribution < -0.4 is 37.9 Å². The van der Waals surface area contributed by atoms with E-state index >= 15 is 0 Å². The Hall–Kier alpha value is -6.72. The number of ether oxygens (including phenoxy) is 9. The maximum Gasteiger partial charge on any atom is 0.161 e. The number of likely N-dealkylation sites (N-methyl/N-ethyl adjacent to an activating group) is 4. The van der Waals surface area contributed by atoms with Gasteiger partial charge in [-0.15, -0.1) is 0 Å². The molecule has 5 heterocycles. The Balaban J connectivity index is 0.000000146. The number of fused-ring (bicyclic) bond motifs is 4. The van der Waals surface area contributed by atoms with E-state index in [0.29, 0.717) is 100 Å². The Bertz CT molecular complexity index is 3370. The number of carbonyl (C=O) groups is 1. The summed E-state index contributed by atoms with van der Waals surface area (Å²) in [5.41, 5.74) is 7.67. The fourth-order valence-electron chi connectivity index (χ4n) is 15.3. The molecule has 2 saturated carbocycles. The molecule has 2 aliphatic carbocycles. The van der Waals surface area contributed by atoms with E-state index in [4.69, 9.17) is 47.8 Å². The van der Waals surface area contributed by atoms with Crippen LogP contribution in [0.5, 0.6) is 46.0 Å². The van der Waals surface area contributed by atoms with E-state index in [0.717, 1.165) is 109 Å². The van der Waals surface area contributed by atoms with Crippen molar-refractivity contribution in [3.05, 3.63) is 129 Å². The zero-order valence-electron chi connectivity index (χ0n) is 57.0. The molecule has 5 aliphatic heterocycles. The molecule has 0 aromatic heterocycles. The molecule has 0 radical (unpaired) electrons. The van der Waals surface area contributed by atoms with Gasteiger partial charge in [-0.3, -0.25) is 4.79 Å². The van der Waals surface area contributed by atoms with E-state index in [1.54, 1.807) is 56.9 Å². The summed E-state index contributed by atoms with van der Waals surface area (Å²) in [6, 6.07) is 26.0. The SMILES string of the molecule is COc1cc2c(cc1OC)C(C(C)(O)c1ccccc1)CN(C)C2.COc1cc2c(cc1OC)C(C1(O)CCC(=NO)CC1)CN(C)C2.COc1cc2c(cc1OC)C(C1(O)CCC(=O)CC1)CN(C)C2.COc1cc2c(cc1OC)C(C1(O)CCOCC1)CN(C)C2. The van der Waals surface area contributed by atoms with Gasteiger partial charge < -0.3 is 87.9 Å². The second-order valence-corrected chi connectivity index (χ2v) is 26.8. The van der Waals surface area contributed by atoms with Gasteiger partial charge in [-0.1, -0.05) is 35.5 Å². The maximum absolute atomic E-state index is 11.6. The smallest absolute Gasteiger partial charge is 0.161 e.